The third-order valence-electron chi connectivity index (χ3n) is 3.09. The fraction of sp³-hybridized carbons (Fsp3) is 0.625. The summed E-state index contributed by atoms with van der Waals surface area (Å²) in [5.74, 6) is 0. The largest absolute Gasteiger partial charge is 0.379 e. The van der Waals surface area contributed by atoms with Gasteiger partial charge in [0.2, 0.25) is 0 Å². The number of ether oxygens (including phenoxy) is 1. The molecular weight excluding hydrogens is 222 g/mol. The topological polar surface area (TPSA) is 21.3 Å². The van der Waals surface area contributed by atoms with Gasteiger partial charge in [0.25, 0.3) is 0 Å². The summed E-state index contributed by atoms with van der Waals surface area (Å²) in [5.41, 5.74) is 4.10. The Kier molecular flexibility index (Phi) is 6.37. The van der Waals surface area contributed by atoms with Crippen LogP contribution in [0.3, 0.4) is 0 Å². The number of benzene rings is 1. The number of aryl methyl sites for hydroxylation is 2. The summed E-state index contributed by atoms with van der Waals surface area (Å²) >= 11 is 0. The highest BCUT2D eigenvalue weighted by molar-refractivity contribution is 5.29. The van der Waals surface area contributed by atoms with E-state index in [-0.39, 0.29) is 0 Å². The Morgan fingerprint density at radius 3 is 2.22 bits per heavy atom. The molecule has 0 aliphatic carbocycles. The monoisotopic (exact) mass is 249 g/mol. The van der Waals surface area contributed by atoms with Crippen LogP contribution < -0.4 is 5.32 Å². The third kappa shape index (κ3) is 5.65. The molecule has 0 saturated carbocycles. The molecule has 102 valence electrons. The van der Waals surface area contributed by atoms with E-state index in [1.807, 2.05) is 7.05 Å². The molecule has 0 fully saturated rings. The van der Waals surface area contributed by atoms with Gasteiger partial charge in [-0.05, 0) is 53.1 Å². The highest BCUT2D eigenvalue weighted by Gasteiger charge is 2.08. The maximum Gasteiger partial charge on any atom is 0.0518 e. The van der Waals surface area contributed by atoms with Crippen molar-refractivity contribution in [3.8, 4) is 0 Å². The van der Waals surface area contributed by atoms with Gasteiger partial charge in [0.05, 0.1) is 6.10 Å². The molecule has 0 aliphatic rings. The number of nitrogens with one attached hydrogen (secondary N) is 1. The zero-order chi connectivity index (χ0) is 13.5. The van der Waals surface area contributed by atoms with Gasteiger partial charge in [-0.25, -0.2) is 0 Å². The lowest BCUT2D eigenvalue weighted by atomic mass is 10.00. The van der Waals surface area contributed by atoms with Crippen molar-refractivity contribution in [3.63, 3.8) is 0 Å². The van der Waals surface area contributed by atoms with Gasteiger partial charge in [0, 0.05) is 12.6 Å². The molecular formula is C16H27NO. The first-order chi connectivity index (χ1) is 8.51. The standard InChI is InChI=1S/C16H27NO/c1-12(2)18-7-6-16(17-5)11-15-9-13(3)8-14(4)10-15/h8-10,12,16-17H,6-7,11H2,1-5H3. The molecule has 0 aliphatic heterocycles. The third-order valence-corrected chi connectivity index (χ3v) is 3.09. The van der Waals surface area contributed by atoms with E-state index in [1.54, 1.807) is 0 Å². The maximum atomic E-state index is 5.62. The lowest BCUT2D eigenvalue weighted by Gasteiger charge is -2.18. The van der Waals surface area contributed by atoms with Crippen molar-refractivity contribution in [2.75, 3.05) is 13.7 Å². The molecule has 0 radical (unpaired) electrons. The van der Waals surface area contributed by atoms with Crippen LogP contribution in [-0.4, -0.2) is 25.8 Å². The second-order valence-corrected chi connectivity index (χ2v) is 5.39. The molecule has 2 nitrogen and oxygen atoms in total. The van der Waals surface area contributed by atoms with E-state index >= 15 is 0 Å². The van der Waals surface area contributed by atoms with Crippen LogP contribution in [0.1, 0.15) is 37.0 Å². The molecule has 0 bridgehead atoms. The van der Waals surface area contributed by atoms with Crippen LogP contribution in [0.5, 0.6) is 0 Å². The van der Waals surface area contributed by atoms with Gasteiger partial charge in [0.1, 0.15) is 0 Å². The van der Waals surface area contributed by atoms with Crippen molar-refractivity contribution < 1.29 is 4.74 Å². The Hall–Kier alpha value is -0.860. The van der Waals surface area contributed by atoms with Crippen molar-refractivity contribution >= 4 is 0 Å². The van der Waals surface area contributed by atoms with E-state index in [2.05, 4.69) is 51.2 Å². The molecule has 1 aromatic carbocycles. The van der Waals surface area contributed by atoms with Crippen LogP contribution in [-0.2, 0) is 11.2 Å². The second-order valence-electron chi connectivity index (χ2n) is 5.39. The molecule has 0 spiro atoms. The number of likely N-dealkylation sites (N-methyl/N-ethyl adjacent to an activating group) is 1. The Bertz CT molecular complexity index is 340. The van der Waals surface area contributed by atoms with Crippen LogP contribution in [0.15, 0.2) is 18.2 Å². The number of rotatable bonds is 7. The fourth-order valence-corrected chi connectivity index (χ4v) is 2.27. The minimum absolute atomic E-state index is 0.323. The van der Waals surface area contributed by atoms with Crippen molar-refractivity contribution in [3.05, 3.63) is 34.9 Å². The van der Waals surface area contributed by atoms with Gasteiger partial charge >= 0.3 is 0 Å². The first-order valence-electron chi connectivity index (χ1n) is 6.87. The van der Waals surface area contributed by atoms with E-state index in [9.17, 15) is 0 Å². The van der Waals surface area contributed by atoms with E-state index in [0.29, 0.717) is 12.1 Å². The summed E-state index contributed by atoms with van der Waals surface area (Å²) in [4.78, 5) is 0. The summed E-state index contributed by atoms with van der Waals surface area (Å²) in [7, 11) is 2.03. The van der Waals surface area contributed by atoms with Crippen molar-refractivity contribution in [1.82, 2.24) is 5.32 Å². The molecule has 0 saturated heterocycles. The Morgan fingerprint density at radius 1 is 1.11 bits per heavy atom. The average molecular weight is 249 g/mol. The minimum atomic E-state index is 0.323. The lowest BCUT2D eigenvalue weighted by molar-refractivity contribution is 0.0720. The van der Waals surface area contributed by atoms with Gasteiger partial charge in [-0.1, -0.05) is 29.3 Å². The summed E-state index contributed by atoms with van der Waals surface area (Å²) in [6.07, 6.45) is 2.45. The van der Waals surface area contributed by atoms with Gasteiger partial charge in [-0.3, -0.25) is 0 Å². The smallest absolute Gasteiger partial charge is 0.0518 e. The predicted molar refractivity (Wildman–Crippen MR) is 78.2 cm³/mol. The molecule has 1 N–H and O–H groups in total. The molecule has 1 atom stereocenters. The summed E-state index contributed by atoms with van der Waals surface area (Å²) < 4.78 is 5.62. The van der Waals surface area contributed by atoms with Crippen LogP contribution in [0.2, 0.25) is 0 Å². The van der Waals surface area contributed by atoms with Crippen molar-refractivity contribution in [2.24, 2.45) is 0 Å². The van der Waals surface area contributed by atoms with Gasteiger partial charge < -0.3 is 10.1 Å². The van der Waals surface area contributed by atoms with Crippen LogP contribution in [0.4, 0.5) is 0 Å². The summed E-state index contributed by atoms with van der Waals surface area (Å²) in [6.45, 7) is 9.31. The van der Waals surface area contributed by atoms with Crippen LogP contribution in [0.25, 0.3) is 0 Å². The van der Waals surface area contributed by atoms with E-state index < -0.39 is 0 Å². The van der Waals surface area contributed by atoms with Crippen LogP contribution >= 0.6 is 0 Å². The number of hydrogen-bond donors (Lipinski definition) is 1. The van der Waals surface area contributed by atoms with Crippen molar-refractivity contribution in [1.29, 1.82) is 0 Å². The lowest BCUT2D eigenvalue weighted by Crippen LogP contribution is -2.29. The molecule has 0 aromatic heterocycles. The SMILES string of the molecule is CNC(CCOC(C)C)Cc1cc(C)cc(C)c1. The number of hydrogen-bond acceptors (Lipinski definition) is 2. The second kappa shape index (κ2) is 7.55. The predicted octanol–water partition coefficient (Wildman–Crippen LogP) is 3.25. The first-order valence-corrected chi connectivity index (χ1v) is 6.87. The van der Waals surface area contributed by atoms with Crippen molar-refractivity contribution in [2.45, 2.75) is 52.7 Å². The normalized spacial score (nSPS) is 13.0. The molecule has 1 unspecified atom stereocenters. The fourth-order valence-electron chi connectivity index (χ4n) is 2.27. The van der Waals surface area contributed by atoms with E-state index in [4.69, 9.17) is 4.74 Å². The Morgan fingerprint density at radius 2 is 1.72 bits per heavy atom. The Labute approximate surface area is 112 Å². The molecule has 0 heterocycles. The van der Waals surface area contributed by atoms with Crippen LogP contribution in [0, 0.1) is 13.8 Å². The molecule has 18 heavy (non-hydrogen) atoms. The Balaban J connectivity index is 2.51. The first kappa shape index (κ1) is 15.2. The van der Waals surface area contributed by atoms with Gasteiger partial charge in [-0.2, -0.15) is 0 Å². The van der Waals surface area contributed by atoms with Gasteiger partial charge in [0.15, 0.2) is 0 Å². The maximum absolute atomic E-state index is 5.62. The molecule has 1 aromatic rings. The quantitative estimate of drug-likeness (QED) is 0.801. The highest BCUT2D eigenvalue weighted by Crippen LogP contribution is 2.12. The highest BCUT2D eigenvalue weighted by atomic mass is 16.5. The zero-order valence-electron chi connectivity index (χ0n) is 12.4. The van der Waals surface area contributed by atoms with E-state index in [0.717, 1.165) is 19.4 Å². The average Bonchev–Trinajstić information content (AvgIpc) is 2.25. The molecule has 2 heteroatoms. The minimum Gasteiger partial charge on any atom is -0.379 e. The molecule has 0 amide bonds. The summed E-state index contributed by atoms with van der Waals surface area (Å²) in [5, 5.41) is 3.38. The molecule has 1 rings (SSSR count). The summed E-state index contributed by atoms with van der Waals surface area (Å²) in [6, 6.07) is 7.27. The van der Waals surface area contributed by atoms with E-state index in [1.165, 1.54) is 16.7 Å². The van der Waals surface area contributed by atoms with Gasteiger partial charge in [-0.15, -0.1) is 0 Å². The zero-order valence-corrected chi connectivity index (χ0v) is 12.4.